The smallest absolute Gasteiger partial charge is 0.251 e. The zero-order chi connectivity index (χ0) is 16.3. The molecule has 0 aliphatic carbocycles. The maximum absolute atomic E-state index is 12.1. The van der Waals surface area contributed by atoms with Crippen molar-refractivity contribution in [1.29, 1.82) is 0 Å². The molecule has 2 aromatic rings. The zero-order valence-corrected chi connectivity index (χ0v) is 12.9. The van der Waals surface area contributed by atoms with Gasteiger partial charge < -0.3 is 16.0 Å². The van der Waals surface area contributed by atoms with E-state index in [2.05, 4.69) is 25.5 Å². The van der Waals surface area contributed by atoms with Crippen LogP contribution >= 0.6 is 0 Å². The van der Waals surface area contributed by atoms with Crippen LogP contribution in [0, 0.1) is 20.8 Å². The molecule has 0 aromatic carbocycles. The summed E-state index contributed by atoms with van der Waals surface area (Å²) in [5.41, 5.74) is 8.62. The van der Waals surface area contributed by atoms with Crippen molar-refractivity contribution in [2.75, 3.05) is 6.54 Å². The van der Waals surface area contributed by atoms with Crippen LogP contribution in [0.1, 0.15) is 34.5 Å². The monoisotopic (exact) mass is 304 g/mol. The van der Waals surface area contributed by atoms with Crippen molar-refractivity contribution in [3.8, 4) is 0 Å². The number of hydrogen-bond donors (Lipinski definition) is 4. The number of carbonyl (C=O) groups excluding carboxylic acids is 1. The van der Waals surface area contributed by atoms with Crippen molar-refractivity contribution in [2.24, 2.45) is 5.73 Å². The number of aromatic nitrogens is 4. The Hall–Kier alpha value is -2.48. The largest absolute Gasteiger partial charge is 0.354 e. The van der Waals surface area contributed by atoms with E-state index in [4.69, 9.17) is 5.73 Å². The Kier molecular flexibility index (Phi) is 4.71. The molecule has 0 bridgehead atoms. The number of aromatic amines is 2. The van der Waals surface area contributed by atoms with E-state index in [1.807, 2.05) is 6.92 Å². The fraction of sp³-hybridized carbons (Fsp3) is 0.429. The number of carbonyl (C=O) groups is 1. The maximum Gasteiger partial charge on any atom is 0.251 e. The molecule has 1 amide bonds. The molecule has 8 nitrogen and oxygen atoms in total. The lowest BCUT2D eigenvalue weighted by Gasteiger charge is -2.12. The van der Waals surface area contributed by atoms with E-state index >= 15 is 0 Å². The number of rotatable bonds is 5. The fourth-order valence-corrected chi connectivity index (χ4v) is 2.32. The Bertz CT molecular complexity index is 714. The topological polar surface area (TPSA) is 130 Å². The Balaban J connectivity index is 1.94. The third kappa shape index (κ3) is 3.59. The van der Waals surface area contributed by atoms with Gasteiger partial charge in [0.1, 0.15) is 11.9 Å². The highest BCUT2D eigenvalue weighted by molar-refractivity contribution is 5.83. The molecular formula is C14H20N6O2. The third-order valence-corrected chi connectivity index (χ3v) is 3.36. The maximum atomic E-state index is 12.1. The Morgan fingerprint density at radius 1 is 1.41 bits per heavy atom. The van der Waals surface area contributed by atoms with Crippen LogP contribution in [0.3, 0.4) is 0 Å². The molecule has 1 atom stereocenters. The molecule has 0 unspecified atom stereocenters. The normalized spacial score (nSPS) is 12.2. The molecule has 0 saturated heterocycles. The minimum Gasteiger partial charge on any atom is -0.354 e. The van der Waals surface area contributed by atoms with Gasteiger partial charge in [-0.15, -0.1) is 0 Å². The average molecular weight is 304 g/mol. The summed E-state index contributed by atoms with van der Waals surface area (Å²) in [7, 11) is 0. The number of nitrogens with one attached hydrogen (secondary N) is 3. The van der Waals surface area contributed by atoms with Crippen LogP contribution in [-0.4, -0.2) is 32.6 Å². The molecule has 0 aliphatic rings. The lowest BCUT2D eigenvalue weighted by molar-refractivity contribution is -0.122. The number of hydrogen-bond acceptors (Lipinski definition) is 5. The lowest BCUT2D eigenvalue weighted by atomic mass is 10.1. The molecule has 2 aromatic heterocycles. The van der Waals surface area contributed by atoms with E-state index in [0.29, 0.717) is 35.7 Å². The van der Waals surface area contributed by atoms with E-state index in [-0.39, 0.29) is 11.5 Å². The predicted octanol–water partition coefficient (Wildman–Crippen LogP) is -0.223. The fourth-order valence-electron chi connectivity index (χ4n) is 2.32. The molecule has 0 spiro atoms. The Morgan fingerprint density at radius 3 is 2.73 bits per heavy atom. The number of H-pyrrole nitrogens is 2. The van der Waals surface area contributed by atoms with Crippen LogP contribution < -0.4 is 16.6 Å². The summed E-state index contributed by atoms with van der Waals surface area (Å²) in [5, 5.41) is 9.58. The third-order valence-electron chi connectivity index (χ3n) is 3.36. The summed E-state index contributed by atoms with van der Waals surface area (Å²) < 4.78 is 0. The predicted molar refractivity (Wildman–Crippen MR) is 81.3 cm³/mol. The zero-order valence-electron chi connectivity index (χ0n) is 12.9. The standard InChI is InChI=1S/C14H20N6O2/c1-7-6-11(21)18-10(17-7)4-5-16-14(22)13(15)12-8(2)19-20-9(12)3/h6,13H,4-5,15H2,1-3H3,(H,16,22)(H,19,20)(H,17,18,21)/t13-/m1/s1. The summed E-state index contributed by atoms with van der Waals surface area (Å²) in [5.74, 6) is 0.247. The molecule has 2 heterocycles. The number of nitrogens with two attached hydrogens (primary N) is 1. The molecule has 2 rings (SSSR count). The van der Waals surface area contributed by atoms with E-state index in [1.165, 1.54) is 6.07 Å². The molecule has 8 heteroatoms. The van der Waals surface area contributed by atoms with Crippen LogP contribution in [0.25, 0.3) is 0 Å². The molecular weight excluding hydrogens is 284 g/mol. The first kappa shape index (κ1) is 15.9. The molecule has 0 saturated carbocycles. The lowest BCUT2D eigenvalue weighted by Crippen LogP contribution is -2.36. The number of aryl methyl sites for hydroxylation is 3. The van der Waals surface area contributed by atoms with Crippen LogP contribution in [0.2, 0.25) is 0 Å². The van der Waals surface area contributed by atoms with Gasteiger partial charge in [0.25, 0.3) is 5.56 Å². The van der Waals surface area contributed by atoms with Crippen molar-refractivity contribution in [2.45, 2.75) is 33.2 Å². The van der Waals surface area contributed by atoms with E-state index in [9.17, 15) is 9.59 Å². The van der Waals surface area contributed by atoms with Gasteiger partial charge in [-0.2, -0.15) is 5.10 Å². The summed E-state index contributed by atoms with van der Waals surface area (Å²) in [6.07, 6.45) is 0.429. The first-order chi connectivity index (χ1) is 10.4. The highest BCUT2D eigenvalue weighted by atomic mass is 16.2. The van der Waals surface area contributed by atoms with Gasteiger partial charge >= 0.3 is 0 Å². The van der Waals surface area contributed by atoms with Crippen molar-refractivity contribution < 1.29 is 4.79 Å². The van der Waals surface area contributed by atoms with E-state index in [0.717, 1.165) is 5.69 Å². The van der Waals surface area contributed by atoms with Crippen LogP contribution in [0.15, 0.2) is 10.9 Å². The average Bonchev–Trinajstić information content (AvgIpc) is 2.76. The van der Waals surface area contributed by atoms with Crippen LogP contribution in [-0.2, 0) is 11.2 Å². The number of nitrogens with zero attached hydrogens (tertiary/aromatic N) is 2. The molecule has 118 valence electrons. The molecule has 22 heavy (non-hydrogen) atoms. The van der Waals surface area contributed by atoms with Gasteiger partial charge in [-0.05, 0) is 20.8 Å². The molecule has 0 aliphatic heterocycles. The summed E-state index contributed by atoms with van der Waals surface area (Å²) in [6, 6.07) is 0.644. The van der Waals surface area contributed by atoms with Gasteiger partial charge in [0.15, 0.2) is 0 Å². The van der Waals surface area contributed by atoms with Crippen molar-refractivity contribution in [3.05, 3.63) is 44.9 Å². The summed E-state index contributed by atoms with van der Waals surface area (Å²) in [6.45, 7) is 5.71. The van der Waals surface area contributed by atoms with Crippen molar-refractivity contribution >= 4 is 5.91 Å². The van der Waals surface area contributed by atoms with Crippen LogP contribution in [0.5, 0.6) is 0 Å². The van der Waals surface area contributed by atoms with Crippen molar-refractivity contribution in [3.63, 3.8) is 0 Å². The first-order valence-corrected chi connectivity index (χ1v) is 7.00. The SMILES string of the molecule is Cc1cc(=O)[nH]c(CCNC(=O)[C@H](N)c2c(C)n[nH]c2C)n1. The molecule has 0 fully saturated rings. The van der Waals surface area contributed by atoms with E-state index in [1.54, 1.807) is 13.8 Å². The molecule has 0 radical (unpaired) electrons. The van der Waals surface area contributed by atoms with Gasteiger partial charge in [-0.3, -0.25) is 14.7 Å². The van der Waals surface area contributed by atoms with Gasteiger partial charge in [0.05, 0.1) is 5.69 Å². The van der Waals surface area contributed by atoms with E-state index < -0.39 is 6.04 Å². The minimum atomic E-state index is -0.775. The minimum absolute atomic E-state index is 0.199. The first-order valence-electron chi connectivity index (χ1n) is 7.00. The van der Waals surface area contributed by atoms with Gasteiger partial charge in [-0.25, -0.2) is 4.98 Å². The second kappa shape index (κ2) is 6.52. The van der Waals surface area contributed by atoms with Crippen molar-refractivity contribution in [1.82, 2.24) is 25.5 Å². The van der Waals surface area contributed by atoms with Gasteiger partial charge in [-0.1, -0.05) is 0 Å². The highest BCUT2D eigenvalue weighted by Gasteiger charge is 2.21. The second-order valence-electron chi connectivity index (χ2n) is 5.20. The van der Waals surface area contributed by atoms with Gasteiger partial charge in [0.2, 0.25) is 5.91 Å². The Morgan fingerprint density at radius 2 is 2.14 bits per heavy atom. The summed E-state index contributed by atoms with van der Waals surface area (Å²) in [4.78, 5) is 30.3. The Labute approximate surface area is 127 Å². The van der Waals surface area contributed by atoms with Gasteiger partial charge in [0, 0.05) is 36.0 Å². The number of amides is 1. The quantitative estimate of drug-likeness (QED) is 0.606. The molecule has 5 N–H and O–H groups in total. The van der Waals surface area contributed by atoms with Crippen LogP contribution in [0.4, 0.5) is 0 Å². The highest BCUT2D eigenvalue weighted by Crippen LogP contribution is 2.17. The summed E-state index contributed by atoms with van der Waals surface area (Å²) >= 11 is 0. The second-order valence-corrected chi connectivity index (χ2v) is 5.20.